The Morgan fingerprint density at radius 2 is 1.88 bits per heavy atom. The summed E-state index contributed by atoms with van der Waals surface area (Å²) in [4.78, 5) is 23.5. The summed E-state index contributed by atoms with van der Waals surface area (Å²) in [5.74, 6) is 1.50. The summed E-state index contributed by atoms with van der Waals surface area (Å²) in [7, 11) is 0. The molecule has 2 aromatic rings. The fourth-order valence-electron chi connectivity index (χ4n) is 3.66. The molecule has 1 unspecified atom stereocenters. The van der Waals surface area contributed by atoms with Crippen LogP contribution in [-0.2, 0) is 4.79 Å². The second kappa shape index (κ2) is 5.83. The van der Waals surface area contributed by atoms with E-state index in [4.69, 9.17) is 0 Å². The molecule has 0 N–H and O–H groups in total. The number of aryl methyl sites for hydroxylation is 2. The molecule has 0 spiro atoms. The maximum atomic E-state index is 13.2. The van der Waals surface area contributed by atoms with Crippen molar-refractivity contribution < 1.29 is 4.79 Å². The van der Waals surface area contributed by atoms with E-state index >= 15 is 0 Å². The van der Waals surface area contributed by atoms with Crippen molar-refractivity contribution >= 4 is 17.3 Å². The van der Waals surface area contributed by atoms with Gasteiger partial charge in [-0.2, -0.15) is 5.10 Å². The zero-order valence-electron chi connectivity index (χ0n) is 15.4. The largest absolute Gasteiger partial charge is 0.273 e. The Bertz CT molecular complexity index is 943. The number of aromatic nitrogens is 4. The van der Waals surface area contributed by atoms with Gasteiger partial charge in [-0.25, -0.2) is 9.97 Å². The van der Waals surface area contributed by atoms with Crippen LogP contribution < -0.4 is 4.90 Å². The minimum absolute atomic E-state index is 0.0588. The van der Waals surface area contributed by atoms with Crippen molar-refractivity contribution in [3.63, 3.8) is 0 Å². The molecule has 0 bridgehead atoms. The minimum atomic E-state index is -0.483. The number of amides is 1. The topological polar surface area (TPSA) is 71.9 Å². The van der Waals surface area contributed by atoms with E-state index in [1.165, 1.54) is 0 Å². The molecule has 132 valence electrons. The zero-order valence-corrected chi connectivity index (χ0v) is 15.4. The second-order valence-corrected chi connectivity index (χ2v) is 7.49. The fourth-order valence-corrected chi connectivity index (χ4v) is 3.66. The van der Waals surface area contributed by atoms with Gasteiger partial charge in [-0.05, 0) is 43.5 Å². The molecule has 0 radical (unpaired) electrons. The molecule has 6 heteroatoms. The normalized spacial score (nSPS) is 21.3. The van der Waals surface area contributed by atoms with Gasteiger partial charge in [-0.3, -0.25) is 9.69 Å². The Morgan fingerprint density at radius 3 is 2.58 bits per heavy atom. The van der Waals surface area contributed by atoms with Gasteiger partial charge in [-0.1, -0.05) is 19.9 Å². The van der Waals surface area contributed by atoms with Crippen LogP contribution in [0.5, 0.6) is 0 Å². The molecule has 26 heavy (non-hydrogen) atoms. The molecule has 1 atom stereocenters. The van der Waals surface area contributed by atoms with Crippen LogP contribution in [0, 0.1) is 25.2 Å². The van der Waals surface area contributed by atoms with Gasteiger partial charge < -0.3 is 0 Å². The molecule has 2 aliphatic rings. The number of rotatable bonds is 2. The molecule has 0 saturated carbocycles. The first-order valence-electron chi connectivity index (χ1n) is 8.72. The van der Waals surface area contributed by atoms with Gasteiger partial charge in [0.25, 0.3) is 0 Å². The molecule has 3 heterocycles. The zero-order chi connectivity index (χ0) is 18.5. The number of allylic oxidation sites excluding steroid dienone is 4. The van der Waals surface area contributed by atoms with E-state index in [2.05, 4.69) is 32.3 Å². The summed E-state index contributed by atoms with van der Waals surface area (Å²) in [5.41, 5.74) is 3.45. The number of fused-ring (bicyclic) bond motifs is 1. The molecule has 1 saturated heterocycles. The molecule has 4 rings (SSSR count). The summed E-state index contributed by atoms with van der Waals surface area (Å²) >= 11 is 0. The van der Waals surface area contributed by atoms with Gasteiger partial charge in [-0.15, -0.1) is 5.10 Å². The van der Waals surface area contributed by atoms with E-state index in [1.807, 2.05) is 46.2 Å². The minimum Gasteiger partial charge on any atom is -0.273 e. The van der Waals surface area contributed by atoms with Crippen molar-refractivity contribution in [1.29, 1.82) is 0 Å². The van der Waals surface area contributed by atoms with Gasteiger partial charge in [0, 0.05) is 29.6 Å². The average Bonchev–Trinajstić information content (AvgIpc) is 2.81. The third kappa shape index (κ3) is 2.53. The monoisotopic (exact) mass is 347 g/mol. The van der Waals surface area contributed by atoms with Crippen molar-refractivity contribution in [3.8, 4) is 0 Å². The Kier molecular flexibility index (Phi) is 3.72. The van der Waals surface area contributed by atoms with Crippen LogP contribution in [0.15, 0.2) is 42.5 Å². The van der Waals surface area contributed by atoms with Crippen LogP contribution in [0.25, 0.3) is 5.57 Å². The molecular formula is C20H21N5O. The Hall–Kier alpha value is -2.89. The van der Waals surface area contributed by atoms with Crippen molar-refractivity contribution in [2.75, 3.05) is 4.90 Å². The van der Waals surface area contributed by atoms with Gasteiger partial charge >= 0.3 is 0 Å². The predicted octanol–water partition coefficient (Wildman–Crippen LogP) is 3.24. The molecule has 0 aromatic carbocycles. The van der Waals surface area contributed by atoms with E-state index in [1.54, 1.807) is 11.1 Å². The number of anilines is 1. The van der Waals surface area contributed by atoms with Crippen LogP contribution in [0.1, 0.15) is 37.2 Å². The SMILES string of the molecule is Cc1cnnc(N2C(=O)C(C)(C)C3CC=C(c4cnc(C)nc4)C=C32)c1. The Labute approximate surface area is 152 Å². The van der Waals surface area contributed by atoms with Crippen molar-refractivity contribution in [2.24, 2.45) is 11.3 Å². The van der Waals surface area contributed by atoms with Crippen LogP contribution in [0.2, 0.25) is 0 Å². The summed E-state index contributed by atoms with van der Waals surface area (Å²) in [6, 6.07) is 1.90. The van der Waals surface area contributed by atoms with Gasteiger partial charge in [0.1, 0.15) is 5.82 Å². The van der Waals surface area contributed by atoms with Crippen LogP contribution in [-0.4, -0.2) is 26.1 Å². The lowest BCUT2D eigenvalue weighted by atomic mass is 9.75. The highest BCUT2D eigenvalue weighted by Crippen LogP contribution is 2.50. The Morgan fingerprint density at radius 1 is 1.15 bits per heavy atom. The van der Waals surface area contributed by atoms with E-state index in [0.29, 0.717) is 5.82 Å². The number of carbonyl (C=O) groups is 1. The third-order valence-corrected chi connectivity index (χ3v) is 5.24. The van der Waals surface area contributed by atoms with E-state index < -0.39 is 5.41 Å². The van der Waals surface area contributed by atoms with E-state index in [9.17, 15) is 4.79 Å². The molecule has 1 amide bonds. The molecule has 1 aliphatic carbocycles. The quantitative estimate of drug-likeness (QED) is 0.834. The average molecular weight is 347 g/mol. The highest BCUT2D eigenvalue weighted by atomic mass is 16.2. The van der Waals surface area contributed by atoms with Gasteiger partial charge in [0.2, 0.25) is 5.91 Å². The first-order valence-corrected chi connectivity index (χ1v) is 8.72. The number of hydrogen-bond acceptors (Lipinski definition) is 5. The summed E-state index contributed by atoms with van der Waals surface area (Å²) in [6.45, 7) is 7.82. The second-order valence-electron chi connectivity index (χ2n) is 7.49. The predicted molar refractivity (Wildman–Crippen MR) is 99.0 cm³/mol. The maximum Gasteiger partial charge on any atom is 0.238 e. The van der Waals surface area contributed by atoms with Crippen LogP contribution >= 0.6 is 0 Å². The number of hydrogen-bond donors (Lipinski definition) is 0. The first-order chi connectivity index (χ1) is 12.4. The van der Waals surface area contributed by atoms with Crippen molar-refractivity contribution in [3.05, 3.63) is 59.5 Å². The lowest BCUT2D eigenvalue weighted by Gasteiger charge is -2.25. The molecule has 2 aromatic heterocycles. The number of nitrogens with zero attached hydrogens (tertiary/aromatic N) is 5. The standard InChI is InChI=1S/C20H21N5O/c1-12-7-18(24-23-9-12)25-17-8-14(15-10-21-13(2)22-11-15)5-6-16(17)20(3,4)19(25)26/h5,7-11,16H,6H2,1-4H3. The van der Waals surface area contributed by atoms with E-state index in [0.717, 1.165) is 34.6 Å². The van der Waals surface area contributed by atoms with Crippen molar-refractivity contribution in [2.45, 2.75) is 34.1 Å². The third-order valence-electron chi connectivity index (χ3n) is 5.24. The van der Waals surface area contributed by atoms with Gasteiger partial charge in [0.05, 0.1) is 11.6 Å². The lowest BCUT2D eigenvalue weighted by Crippen LogP contribution is -2.32. The fraction of sp³-hybridized carbons (Fsp3) is 0.350. The van der Waals surface area contributed by atoms with Gasteiger partial charge in [0.15, 0.2) is 5.82 Å². The summed E-state index contributed by atoms with van der Waals surface area (Å²) < 4.78 is 0. The van der Waals surface area contributed by atoms with Crippen LogP contribution in [0.4, 0.5) is 5.82 Å². The Balaban J connectivity index is 1.81. The van der Waals surface area contributed by atoms with E-state index in [-0.39, 0.29) is 11.8 Å². The summed E-state index contributed by atoms with van der Waals surface area (Å²) in [6.07, 6.45) is 10.4. The molecule has 6 nitrogen and oxygen atoms in total. The number of carbonyl (C=O) groups excluding carboxylic acids is 1. The first kappa shape index (κ1) is 16.6. The smallest absolute Gasteiger partial charge is 0.238 e. The van der Waals surface area contributed by atoms with Crippen molar-refractivity contribution in [1.82, 2.24) is 20.2 Å². The van der Waals surface area contributed by atoms with Crippen LogP contribution in [0.3, 0.4) is 0 Å². The summed E-state index contributed by atoms with van der Waals surface area (Å²) in [5, 5.41) is 8.24. The molecule has 1 fully saturated rings. The highest BCUT2D eigenvalue weighted by molar-refractivity contribution is 6.04. The highest BCUT2D eigenvalue weighted by Gasteiger charge is 2.51. The molecular weight excluding hydrogens is 326 g/mol. The lowest BCUT2D eigenvalue weighted by molar-refractivity contribution is -0.125. The maximum absolute atomic E-state index is 13.2. The molecule has 1 aliphatic heterocycles.